The number of carbonyl (C=O) groups is 2. The monoisotopic (exact) mass is 651 g/mol. The van der Waals surface area contributed by atoms with Gasteiger partial charge in [-0.05, 0) is 53.9 Å². The molecule has 4 aromatic rings. The minimum Gasteiger partial charge on any atom is -0.354 e. The molecule has 0 bridgehead atoms. The molecule has 0 aliphatic heterocycles. The van der Waals surface area contributed by atoms with Gasteiger partial charge in [0.1, 0.15) is 12.6 Å². The van der Waals surface area contributed by atoms with Crippen molar-refractivity contribution in [3.05, 3.63) is 130 Å². The van der Waals surface area contributed by atoms with Crippen LogP contribution in [0.4, 0.5) is 5.69 Å². The zero-order valence-corrected chi connectivity index (χ0v) is 26.7. The predicted molar refractivity (Wildman–Crippen MR) is 176 cm³/mol. The zero-order chi connectivity index (χ0) is 31.5. The van der Waals surface area contributed by atoms with Crippen LogP contribution < -0.4 is 9.62 Å². The van der Waals surface area contributed by atoms with Crippen LogP contribution in [0.2, 0.25) is 10.0 Å². The fourth-order valence-electron chi connectivity index (χ4n) is 4.74. The molecule has 0 saturated carbocycles. The highest BCUT2D eigenvalue weighted by Crippen LogP contribution is 2.27. The van der Waals surface area contributed by atoms with E-state index < -0.39 is 28.5 Å². The Morgan fingerprint density at radius 3 is 2.02 bits per heavy atom. The molecular formula is C34H35Cl2N3O4S. The molecular weight excluding hydrogens is 617 g/mol. The molecule has 1 N–H and O–H groups in total. The molecule has 0 aliphatic carbocycles. The highest BCUT2D eigenvalue weighted by Gasteiger charge is 2.34. The molecule has 0 aliphatic rings. The lowest BCUT2D eigenvalue weighted by Crippen LogP contribution is -2.53. The number of hydrogen-bond donors (Lipinski definition) is 1. The molecule has 230 valence electrons. The van der Waals surface area contributed by atoms with Gasteiger partial charge < -0.3 is 10.2 Å². The number of unbranched alkanes of at least 4 members (excludes halogenated alkanes) is 1. The van der Waals surface area contributed by atoms with Gasteiger partial charge in [-0.25, -0.2) is 8.42 Å². The average Bonchev–Trinajstić information content (AvgIpc) is 3.04. The minimum atomic E-state index is -4.14. The molecule has 44 heavy (non-hydrogen) atoms. The summed E-state index contributed by atoms with van der Waals surface area (Å²) in [4.78, 5) is 29.7. The number of nitrogens with one attached hydrogen (secondary N) is 1. The Balaban J connectivity index is 1.78. The van der Waals surface area contributed by atoms with Crippen molar-refractivity contribution in [1.29, 1.82) is 0 Å². The summed E-state index contributed by atoms with van der Waals surface area (Å²) >= 11 is 12.5. The summed E-state index contributed by atoms with van der Waals surface area (Å²) in [6.07, 6.45) is 1.89. The second-order valence-electron chi connectivity index (χ2n) is 10.3. The van der Waals surface area contributed by atoms with Gasteiger partial charge in [0.15, 0.2) is 0 Å². The van der Waals surface area contributed by atoms with E-state index in [0.29, 0.717) is 27.8 Å². The lowest BCUT2D eigenvalue weighted by atomic mass is 10.0. The van der Waals surface area contributed by atoms with Gasteiger partial charge in [0, 0.05) is 19.5 Å². The van der Waals surface area contributed by atoms with Crippen LogP contribution in [0.15, 0.2) is 114 Å². The van der Waals surface area contributed by atoms with E-state index in [1.165, 1.54) is 17.0 Å². The first kappa shape index (κ1) is 33.1. The second kappa shape index (κ2) is 15.7. The molecule has 0 radical (unpaired) electrons. The first-order chi connectivity index (χ1) is 21.2. The number of rotatable bonds is 14. The first-order valence-electron chi connectivity index (χ1n) is 14.4. The van der Waals surface area contributed by atoms with Crippen molar-refractivity contribution in [3.63, 3.8) is 0 Å². The standard InChI is InChI=1S/C34H35Cl2N3O4S/c1-2-3-21-37-34(41)32(23-26-13-7-4-8-14-26)38(24-27-19-20-30(35)31(36)22-27)33(40)25-39(28-15-9-5-10-16-28)44(42,43)29-17-11-6-12-18-29/h4-20,22,32H,2-3,21,23-25H2,1H3,(H,37,41). The van der Waals surface area contributed by atoms with Crippen molar-refractivity contribution in [3.8, 4) is 0 Å². The molecule has 1 unspecified atom stereocenters. The average molecular weight is 653 g/mol. The lowest BCUT2D eigenvalue weighted by molar-refractivity contribution is -0.140. The Labute approximate surface area is 269 Å². The molecule has 1 atom stereocenters. The van der Waals surface area contributed by atoms with E-state index >= 15 is 0 Å². The van der Waals surface area contributed by atoms with Crippen molar-refractivity contribution in [2.45, 2.75) is 43.7 Å². The lowest BCUT2D eigenvalue weighted by Gasteiger charge is -2.34. The Kier molecular flexibility index (Phi) is 11.8. The van der Waals surface area contributed by atoms with E-state index in [4.69, 9.17) is 23.2 Å². The fourth-order valence-corrected chi connectivity index (χ4v) is 6.49. The third-order valence-corrected chi connectivity index (χ3v) is 9.62. The number of hydrogen-bond acceptors (Lipinski definition) is 4. The number of amides is 2. The van der Waals surface area contributed by atoms with E-state index in [1.54, 1.807) is 66.7 Å². The fraction of sp³-hybridized carbons (Fsp3) is 0.235. The summed E-state index contributed by atoms with van der Waals surface area (Å²) in [7, 11) is -4.14. The molecule has 4 rings (SSSR count). The molecule has 0 saturated heterocycles. The number of sulfonamides is 1. The maximum absolute atomic E-state index is 14.4. The van der Waals surface area contributed by atoms with Crippen LogP contribution in [0, 0.1) is 0 Å². The third kappa shape index (κ3) is 8.62. The Bertz CT molecular complexity index is 1640. The smallest absolute Gasteiger partial charge is 0.264 e. The van der Waals surface area contributed by atoms with Crippen LogP contribution in [0.5, 0.6) is 0 Å². The maximum atomic E-state index is 14.4. The molecule has 0 spiro atoms. The number of carbonyl (C=O) groups excluding carboxylic acids is 2. The molecule has 0 heterocycles. The quantitative estimate of drug-likeness (QED) is 0.153. The Morgan fingerprint density at radius 1 is 0.795 bits per heavy atom. The largest absolute Gasteiger partial charge is 0.354 e. The van der Waals surface area contributed by atoms with Gasteiger partial charge in [-0.15, -0.1) is 0 Å². The van der Waals surface area contributed by atoms with Gasteiger partial charge in [-0.3, -0.25) is 13.9 Å². The zero-order valence-electron chi connectivity index (χ0n) is 24.4. The molecule has 0 fully saturated rings. The van der Waals surface area contributed by atoms with Crippen molar-refractivity contribution in [1.82, 2.24) is 10.2 Å². The van der Waals surface area contributed by atoms with Crippen molar-refractivity contribution in [2.24, 2.45) is 0 Å². The second-order valence-corrected chi connectivity index (χ2v) is 13.0. The number of nitrogens with zero attached hydrogens (tertiary/aromatic N) is 2. The molecule has 2 amide bonds. The number of para-hydroxylation sites is 1. The molecule has 0 aromatic heterocycles. The summed E-state index contributed by atoms with van der Waals surface area (Å²) in [5.41, 5.74) is 1.82. The van der Waals surface area contributed by atoms with Crippen molar-refractivity contribution in [2.75, 3.05) is 17.4 Å². The van der Waals surface area contributed by atoms with Crippen LogP contribution in [-0.2, 0) is 32.6 Å². The van der Waals surface area contributed by atoms with Gasteiger partial charge in [-0.2, -0.15) is 0 Å². The normalized spacial score (nSPS) is 11.9. The molecule has 7 nitrogen and oxygen atoms in total. The van der Waals surface area contributed by atoms with E-state index in [-0.39, 0.29) is 23.8 Å². The minimum absolute atomic E-state index is 0.00242. The highest BCUT2D eigenvalue weighted by atomic mass is 35.5. The summed E-state index contributed by atoms with van der Waals surface area (Å²) in [5.74, 6) is -0.876. The van der Waals surface area contributed by atoms with Crippen LogP contribution in [0.25, 0.3) is 0 Å². The topological polar surface area (TPSA) is 86.8 Å². The summed E-state index contributed by atoms with van der Waals surface area (Å²) in [6.45, 7) is 1.95. The maximum Gasteiger partial charge on any atom is 0.264 e. The molecule has 10 heteroatoms. The van der Waals surface area contributed by atoms with Gasteiger partial charge in [0.2, 0.25) is 11.8 Å². The van der Waals surface area contributed by atoms with E-state index in [9.17, 15) is 18.0 Å². The van der Waals surface area contributed by atoms with Gasteiger partial charge in [0.05, 0.1) is 20.6 Å². The third-order valence-electron chi connectivity index (χ3n) is 7.09. The Hall–Kier alpha value is -3.85. The van der Waals surface area contributed by atoms with Crippen LogP contribution in [-0.4, -0.2) is 44.3 Å². The summed E-state index contributed by atoms with van der Waals surface area (Å²) < 4.78 is 29.0. The predicted octanol–water partition coefficient (Wildman–Crippen LogP) is 6.75. The number of halogens is 2. The van der Waals surface area contributed by atoms with E-state index in [1.807, 2.05) is 37.3 Å². The molecule has 4 aromatic carbocycles. The van der Waals surface area contributed by atoms with Crippen LogP contribution >= 0.6 is 23.2 Å². The van der Waals surface area contributed by atoms with E-state index in [2.05, 4.69) is 5.32 Å². The van der Waals surface area contributed by atoms with Gasteiger partial charge >= 0.3 is 0 Å². The first-order valence-corrected chi connectivity index (χ1v) is 16.6. The van der Waals surface area contributed by atoms with Gasteiger partial charge in [-0.1, -0.05) is 109 Å². The number of benzene rings is 4. The van der Waals surface area contributed by atoms with Crippen molar-refractivity contribution < 1.29 is 18.0 Å². The summed E-state index contributed by atoms with van der Waals surface area (Å²) in [5, 5.41) is 3.64. The number of anilines is 1. The van der Waals surface area contributed by atoms with E-state index in [0.717, 1.165) is 22.7 Å². The highest BCUT2D eigenvalue weighted by molar-refractivity contribution is 7.92. The van der Waals surface area contributed by atoms with Crippen LogP contribution in [0.3, 0.4) is 0 Å². The Morgan fingerprint density at radius 2 is 1.41 bits per heavy atom. The van der Waals surface area contributed by atoms with Crippen LogP contribution in [0.1, 0.15) is 30.9 Å². The van der Waals surface area contributed by atoms with Gasteiger partial charge in [0.25, 0.3) is 10.0 Å². The SMILES string of the molecule is CCCCNC(=O)C(Cc1ccccc1)N(Cc1ccc(Cl)c(Cl)c1)C(=O)CN(c1ccccc1)S(=O)(=O)c1ccccc1. The van der Waals surface area contributed by atoms with Crippen molar-refractivity contribution >= 4 is 50.7 Å². The summed E-state index contributed by atoms with van der Waals surface area (Å²) in [6, 6.07) is 29.9.